The van der Waals surface area contributed by atoms with Gasteiger partial charge < -0.3 is 4.98 Å². The van der Waals surface area contributed by atoms with E-state index < -0.39 is 21.9 Å². The van der Waals surface area contributed by atoms with Crippen molar-refractivity contribution in [3.05, 3.63) is 35.8 Å². The zero-order chi connectivity index (χ0) is 15.7. The molecule has 0 bridgehead atoms. The van der Waals surface area contributed by atoms with E-state index in [2.05, 4.69) is 9.71 Å². The summed E-state index contributed by atoms with van der Waals surface area (Å²) in [5, 5.41) is 0.578. The Morgan fingerprint density at radius 1 is 1.32 bits per heavy atom. The summed E-state index contributed by atoms with van der Waals surface area (Å²) in [4.78, 5) is 14.9. The van der Waals surface area contributed by atoms with Crippen molar-refractivity contribution in [2.45, 2.75) is 19.3 Å². The number of fused-ring (bicyclic) bond motifs is 1. The Balaban J connectivity index is 1.74. The number of hydrogen-bond acceptors (Lipinski definition) is 3. The van der Waals surface area contributed by atoms with E-state index in [0.717, 1.165) is 12.8 Å². The van der Waals surface area contributed by atoms with Gasteiger partial charge in [0.15, 0.2) is 0 Å². The summed E-state index contributed by atoms with van der Waals surface area (Å²) >= 11 is 0. The van der Waals surface area contributed by atoms with Gasteiger partial charge in [-0.25, -0.2) is 9.11 Å². The first-order valence-electron chi connectivity index (χ1n) is 7.02. The van der Waals surface area contributed by atoms with E-state index in [-0.39, 0.29) is 6.42 Å². The lowest BCUT2D eigenvalue weighted by Crippen LogP contribution is -2.42. The Morgan fingerprint density at radius 2 is 2.05 bits per heavy atom. The summed E-state index contributed by atoms with van der Waals surface area (Å²) in [5.74, 6) is -1.03. The molecule has 2 heterocycles. The second-order valence-corrected chi connectivity index (χ2v) is 6.99. The third-order valence-corrected chi connectivity index (χ3v) is 5.26. The maximum absolute atomic E-state index is 13.3. The lowest BCUT2D eigenvalue weighted by molar-refractivity contribution is -0.118. The molecule has 22 heavy (non-hydrogen) atoms. The van der Waals surface area contributed by atoms with Gasteiger partial charge in [-0.3, -0.25) is 4.79 Å². The fourth-order valence-electron chi connectivity index (χ4n) is 2.64. The van der Waals surface area contributed by atoms with E-state index in [9.17, 15) is 17.6 Å². The third kappa shape index (κ3) is 2.97. The van der Waals surface area contributed by atoms with Gasteiger partial charge in [0.25, 0.3) is 0 Å². The summed E-state index contributed by atoms with van der Waals surface area (Å²) in [7, 11) is -3.77. The quantitative estimate of drug-likeness (QED) is 0.889. The van der Waals surface area contributed by atoms with Crippen LogP contribution in [0.1, 0.15) is 18.4 Å². The second-order valence-electron chi connectivity index (χ2n) is 5.32. The molecule has 0 atom stereocenters. The molecule has 3 rings (SSSR count). The summed E-state index contributed by atoms with van der Waals surface area (Å²) < 4.78 is 40.7. The van der Waals surface area contributed by atoms with Crippen molar-refractivity contribution < 1.29 is 17.6 Å². The number of hydrogen-bond donors (Lipinski definition) is 2. The average Bonchev–Trinajstić information content (AvgIpc) is 3.09. The van der Waals surface area contributed by atoms with Crippen LogP contribution in [0.3, 0.4) is 0 Å². The van der Waals surface area contributed by atoms with Crippen LogP contribution in [0, 0.1) is 5.82 Å². The predicted octanol–water partition coefficient (Wildman–Crippen LogP) is 1.31. The molecule has 2 aromatic rings. The lowest BCUT2D eigenvalue weighted by Gasteiger charge is -2.15. The maximum Gasteiger partial charge on any atom is 0.303 e. The molecular weight excluding hydrogens is 309 g/mol. The van der Waals surface area contributed by atoms with E-state index in [4.69, 9.17) is 0 Å². The number of nitrogens with one attached hydrogen (secondary N) is 2. The Bertz CT molecular complexity index is 810. The largest absolute Gasteiger partial charge is 0.361 e. The van der Waals surface area contributed by atoms with Crippen molar-refractivity contribution >= 4 is 27.0 Å². The van der Waals surface area contributed by atoms with Gasteiger partial charge in [0.2, 0.25) is 5.91 Å². The first-order chi connectivity index (χ1) is 10.5. The average molecular weight is 325 g/mol. The van der Waals surface area contributed by atoms with Crippen molar-refractivity contribution in [2.24, 2.45) is 0 Å². The highest BCUT2D eigenvalue weighted by atomic mass is 32.2. The molecule has 1 aliphatic heterocycles. The number of carbonyl (C=O) groups is 1. The molecule has 1 saturated heterocycles. The van der Waals surface area contributed by atoms with Crippen LogP contribution in [0.5, 0.6) is 0 Å². The molecule has 1 aromatic heterocycles. The molecule has 1 amide bonds. The molecule has 118 valence electrons. The Morgan fingerprint density at radius 3 is 2.77 bits per heavy atom. The standard InChI is InChI=1S/C14H16FN3O3S/c15-11-3-4-13-12(8-11)10(9-16-13)7-14(19)17-22(20,21)18-5-1-2-6-18/h3-4,8-9,16H,1-2,5-7H2,(H,17,19). The van der Waals surface area contributed by atoms with Crippen molar-refractivity contribution in [1.82, 2.24) is 14.0 Å². The van der Waals surface area contributed by atoms with Gasteiger partial charge >= 0.3 is 10.2 Å². The lowest BCUT2D eigenvalue weighted by atomic mass is 10.1. The second kappa shape index (κ2) is 5.69. The molecule has 2 N–H and O–H groups in total. The fourth-order valence-corrected chi connectivity index (χ4v) is 3.87. The fraction of sp³-hybridized carbons (Fsp3) is 0.357. The minimum absolute atomic E-state index is 0.128. The van der Waals surface area contributed by atoms with Gasteiger partial charge in [-0.15, -0.1) is 0 Å². The van der Waals surface area contributed by atoms with Gasteiger partial charge in [-0.2, -0.15) is 12.7 Å². The van der Waals surface area contributed by atoms with E-state index >= 15 is 0 Å². The van der Waals surface area contributed by atoms with Gasteiger partial charge in [-0.1, -0.05) is 0 Å². The zero-order valence-corrected chi connectivity index (χ0v) is 12.6. The third-order valence-electron chi connectivity index (χ3n) is 3.73. The number of aromatic amines is 1. The van der Waals surface area contributed by atoms with E-state index in [1.807, 2.05) is 0 Å². The van der Waals surface area contributed by atoms with Crippen LogP contribution in [0.4, 0.5) is 4.39 Å². The highest BCUT2D eigenvalue weighted by Gasteiger charge is 2.27. The van der Waals surface area contributed by atoms with Crippen LogP contribution >= 0.6 is 0 Å². The summed E-state index contributed by atoms with van der Waals surface area (Å²) in [6.45, 7) is 0.863. The molecule has 0 radical (unpaired) electrons. The number of halogens is 1. The highest BCUT2D eigenvalue weighted by molar-refractivity contribution is 7.87. The summed E-state index contributed by atoms with van der Waals surface area (Å²) in [6.07, 6.45) is 3.07. The number of benzene rings is 1. The van der Waals surface area contributed by atoms with Gasteiger partial charge in [-0.05, 0) is 36.6 Å². The van der Waals surface area contributed by atoms with Crippen LogP contribution in [0.15, 0.2) is 24.4 Å². The van der Waals surface area contributed by atoms with Gasteiger partial charge in [0.1, 0.15) is 5.82 Å². The molecule has 8 heteroatoms. The van der Waals surface area contributed by atoms with Crippen LogP contribution in [-0.2, 0) is 21.4 Å². The number of H-pyrrole nitrogens is 1. The number of aromatic nitrogens is 1. The predicted molar refractivity (Wildman–Crippen MR) is 79.8 cm³/mol. The summed E-state index contributed by atoms with van der Waals surface area (Å²) in [6, 6.07) is 4.22. The molecular formula is C14H16FN3O3S. The molecule has 0 unspecified atom stereocenters. The van der Waals surface area contributed by atoms with Crippen molar-refractivity contribution in [3.8, 4) is 0 Å². The van der Waals surface area contributed by atoms with Crippen LogP contribution in [-0.4, -0.2) is 36.7 Å². The first kappa shape index (κ1) is 15.0. The topological polar surface area (TPSA) is 82.3 Å². The molecule has 6 nitrogen and oxygen atoms in total. The SMILES string of the molecule is O=C(Cc1c[nH]c2ccc(F)cc12)NS(=O)(=O)N1CCCC1. The zero-order valence-electron chi connectivity index (χ0n) is 11.8. The van der Waals surface area contributed by atoms with Crippen molar-refractivity contribution in [3.63, 3.8) is 0 Å². The smallest absolute Gasteiger partial charge is 0.303 e. The molecule has 0 spiro atoms. The molecule has 0 aliphatic carbocycles. The maximum atomic E-state index is 13.3. The Kier molecular flexibility index (Phi) is 3.88. The molecule has 1 aliphatic rings. The molecule has 1 fully saturated rings. The first-order valence-corrected chi connectivity index (χ1v) is 8.46. The van der Waals surface area contributed by atoms with Crippen molar-refractivity contribution in [2.75, 3.05) is 13.1 Å². The van der Waals surface area contributed by atoms with E-state index in [1.165, 1.54) is 16.4 Å². The number of nitrogens with zero attached hydrogens (tertiary/aromatic N) is 1. The van der Waals surface area contributed by atoms with Crippen LogP contribution in [0.25, 0.3) is 10.9 Å². The van der Waals surface area contributed by atoms with Crippen LogP contribution < -0.4 is 4.72 Å². The van der Waals surface area contributed by atoms with Gasteiger partial charge in [0.05, 0.1) is 6.42 Å². The molecule has 0 saturated carbocycles. The minimum Gasteiger partial charge on any atom is -0.361 e. The molecule has 1 aromatic carbocycles. The Labute approximate surface area is 127 Å². The summed E-state index contributed by atoms with van der Waals surface area (Å²) in [5.41, 5.74) is 1.26. The monoisotopic (exact) mass is 325 g/mol. The Hall–Kier alpha value is -1.93. The number of carbonyl (C=O) groups excluding carboxylic acids is 1. The van der Waals surface area contributed by atoms with Crippen LogP contribution in [0.2, 0.25) is 0 Å². The van der Waals surface area contributed by atoms with Gasteiger partial charge in [0, 0.05) is 30.2 Å². The number of amides is 1. The van der Waals surface area contributed by atoms with Crippen molar-refractivity contribution in [1.29, 1.82) is 0 Å². The van der Waals surface area contributed by atoms with E-state index in [0.29, 0.717) is 29.6 Å². The number of rotatable bonds is 4. The minimum atomic E-state index is -3.77. The van der Waals surface area contributed by atoms with E-state index in [1.54, 1.807) is 12.3 Å². The highest BCUT2D eigenvalue weighted by Crippen LogP contribution is 2.20. The normalized spacial score (nSPS) is 16.2.